The van der Waals surface area contributed by atoms with Crippen LogP contribution in [0.4, 0.5) is 5.69 Å². The van der Waals surface area contributed by atoms with E-state index in [4.69, 9.17) is 0 Å². The minimum atomic E-state index is 0.502. The van der Waals surface area contributed by atoms with Crippen molar-refractivity contribution < 1.29 is 0 Å². The topological polar surface area (TPSA) is 3.24 Å². The van der Waals surface area contributed by atoms with Crippen LogP contribution < -0.4 is 4.90 Å². The van der Waals surface area contributed by atoms with Crippen molar-refractivity contribution in [3.05, 3.63) is 53.8 Å². The predicted molar refractivity (Wildman–Crippen MR) is 66.2 cm³/mol. The van der Waals surface area contributed by atoms with E-state index in [9.17, 15) is 0 Å². The largest absolute Gasteiger partial charge is 0.347 e. The fraction of sp³-hybridized carbons (Fsp3) is 0.286. The molecular formula is C14H17N. The summed E-state index contributed by atoms with van der Waals surface area (Å²) >= 11 is 0. The number of likely N-dealkylation sites (N-methyl/N-ethyl adjacent to an activating group) is 1. The molecule has 0 saturated carbocycles. The number of hydrogen-bond acceptors (Lipinski definition) is 1. The highest BCUT2D eigenvalue weighted by Gasteiger charge is 2.26. The Kier molecular flexibility index (Phi) is 2.63. The van der Waals surface area contributed by atoms with Gasteiger partial charge in [0.2, 0.25) is 0 Å². The molecule has 1 heteroatoms. The molecular weight excluding hydrogens is 182 g/mol. The van der Waals surface area contributed by atoms with Crippen LogP contribution in [0.5, 0.6) is 0 Å². The fourth-order valence-electron chi connectivity index (χ4n) is 2.20. The monoisotopic (exact) mass is 199 g/mol. The third-order valence-electron chi connectivity index (χ3n) is 3.05. The molecule has 1 heterocycles. The third-order valence-corrected chi connectivity index (χ3v) is 3.05. The highest BCUT2D eigenvalue weighted by Crippen LogP contribution is 2.41. The predicted octanol–water partition coefficient (Wildman–Crippen LogP) is 3.70. The maximum atomic E-state index is 2.28. The molecule has 2 rings (SSSR count). The van der Waals surface area contributed by atoms with Crippen LogP contribution in [-0.4, -0.2) is 7.05 Å². The first-order valence-electron chi connectivity index (χ1n) is 5.41. The second kappa shape index (κ2) is 3.93. The van der Waals surface area contributed by atoms with Crippen molar-refractivity contribution in [3.63, 3.8) is 0 Å². The Morgan fingerprint density at radius 2 is 2.00 bits per heavy atom. The van der Waals surface area contributed by atoms with Gasteiger partial charge < -0.3 is 4.90 Å². The Bertz CT molecular complexity index is 384. The average molecular weight is 199 g/mol. The lowest BCUT2D eigenvalue weighted by atomic mass is 10.0. The molecule has 1 aliphatic rings. The molecule has 0 aromatic heterocycles. The second-order valence-corrected chi connectivity index (χ2v) is 3.96. The van der Waals surface area contributed by atoms with Gasteiger partial charge in [-0.05, 0) is 24.6 Å². The molecule has 0 aliphatic carbocycles. The first-order valence-corrected chi connectivity index (χ1v) is 5.41. The van der Waals surface area contributed by atoms with E-state index in [1.165, 1.54) is 16.9 Å². The number of para-hydroxylation sites is 1. The van der Waals surface area contributed by atoms with Gasteiger partial charge >= 0.3 is 0 Å². The van der Waals surface area contributed by atoms with Gasteiger partial charge in [-0.2, -0.15) is 0 Å². The number of rotatable bonds is 1. The number of benzene rings is 1. The van der Waals surface area contributed by atoms with Gasteiger partial charge in [0.1, 0.15) is 0 Å². The maximum absolute atomic E-state index is 2.28. The number of allylic oxidation sites excluding steroid dienone is 4. The van der Waals surface area contributed by atoms with Crippen LogP contribution in [0, 0.1) is 0 Å². The Morgan fingerprint density at radius 1 is 1.27 bits per heavy atom. The third kappa shape index (κ3) is 1.58. The SMILES string of the molecule is C/C=C\C=C1/C(C)c2ccccc2N1C. The van der Waals surface area contributed by atoms with Crippen LogP contribution in [0.25, 0.3) is 0 Å². The number of hydrogen-bond donors (Lipinski definition) is 0. The van der Waals surface area contributed by atoms with E-state index in [2.05, 4.69) is 61.4 Å². The zero-order valence-electron chi connectivity index (χ0n) is 9.57. The Balaban J connectivity index is 2.45. The van der Waals surface area contributed by atoms with Crippen LogP contribution in [0.15, 0.2) is 48.2 Å². The lowest BCUT2D eigenvalue weighted by Crippen LogP contribution is -2.11. The molecule has 0 bridgehead atoms. The van der Waals surface area contributed by atoms with E-state index in [1.807, 2.05) is 6.92 Å². The normalized spacial score (nSPS) is 22.7. The summed E-state index contributed by atoms with van der Waals surface area (Å²) in [7, 11) is 2.14. The second-order valence-electron chi connectivity index (χ2n) is 3.96. The summed E-state index contributed by atoms with van der Waals surface area (Å²) in [4.78, 5) is 2.28. The van der Waals surface area contributed by atoms with Crippen LogP contribution in [0.3, 0.4) is 0 Å². The standard InChI is InChI=1S/C14H17N/c1-4-5-9-13-11(2)12-8-6-7-10-14(12)15(13)3/h4-11H,1-3H3/b5-4-,13-9+. The number of nitrogens with zero attached hydrogens (tertiary/aromatic N) is 1. The molecule has 0 saturated heterocycles. The minimum Gasteiger partial charge on any atom is -0.347 e. The molecule has 1 aromatic rings. The van der Waals surface area contributed by atoms with Crippen molar-refractivity contribution in [2.75, 3.05) is 11.9 Å². The molecule has 78 valence electrons. The Labute approximate surface area is 91.7 Å². The van der Waals surface area contributed by atoms with Gasteiger partial charge in [-0.1, -0.05) is 37.3 Å². The summed E-state index contributed by atoms with van der Waals surface area (Å²) in [5, 5.41) is 0. The molecule has 1 atom stereocenters. The molecule has 0 N–H and O–H groups in total. The van der Waals surface area contributed by atoms with Crippen LogP contribution in [0.2, 0.25) is 0 Å². The van der Waals surface area contributed by atoms with Gasteiger partial charge in [0, 0.05) is 24.4 Å². The highest BCUT2D eigenvalue weighted by atomic mass is 15.1. The molecule has 1 nitrogen and oxygen atoms in total. The lowest BCUT2D eigenvalue weighted by molar-refractivity contribution is 0.908. The molecule has 0 radical (unpaired) electrons. The number of anilines is 1. The van der Waals surface area contributed by atoms with E-state index in [1.54, 1.807) is 0 Å². The molecule has 1 aliphatic heterocycles. The van der Waals surface area contributed by atoms with Crippen LogP contribution in [-0.2, 0) is 0 Å². The first-order chi connectivity index (χ1) is 7.25. The first kappa shape index (κ1) is 10.0. The molecule has 1 aromatic carbocycles. The average Bonchev–Trinajstić information content (AvgIpc) is 2.51. The Hall–Kier alpha value is -1.50. The summed E-state index contributed by atoms with van der Waals surface area (Å²) < 4.78 is 0. The zero-order valence-corrected chi connectivity index (χ0v) is 9.57. The summed E-state index contributed by atoms with van der Waals surface area (Å²) in [5.41, 5.74) is 4.13. The zero-order chi connectivity index (χ0) is 10.8. The quantitative estimate of drug-likeness (QED) is 0.666. The van der Waals surface area contributed by atoms with E-state index < -0.39 is 0 Å². The van der Waals surface area contributed by atoms with Gasteiger partial charge in [0.25, 0.3) is 0 Å². The summed E-state index contributed by atoms with van der Waals surface area (Å²) in [6.45, 7) is 4.31. The van der Waals surface area contributed by atoms with Crippen molar-refractivity contribution in [2.45, 2.75) is 19.8 Å². The molecule has 15 heavy (non-hydrogen) atoms. The molecule has 0 fully saturated rings. The van der Waals surface area contributed by atoms with Crippen LogP contribution in [0.1, 0.15) is 25.3 Å². The smallest absolute Gasteiger partial charge is 0.0445 e. The van der Waals surface area contributed by atoms with Crippen molar-refractivity contribution in [1.82, 2.24) is 0 Å². The lowest BCUT2D eigenvalue weighted by Gasteiger charge is -2.15. The van der Waals surface area contributed by atoms with Crippen molar-refractivity contribution in [3.8, 4) is 0 Å². The van der Waals surface area contributed by atoms with Gasteiger partial charge in [-0.25, -0.2) is 0 Å². The molecule has 1 unspecified atom stereocenters. The molecule has 0 spiro atoms. The van der Waals surface area contributed by atoms with E-state index in [-0.39, 0.29) is 0 Å². The van der Waals surface area contributed by atoms with Crippen molar-refractivity contribution in [2.24, 2.45) is 0 Å². The van der Waals surface area contributed by atoms with Gasteiger partial charge in [0.05, 0.1) is 0 Å². The highest BCUT2D eigenvalue weighted by molar-refractivity contribution is 5.67. The fourth-order valence-corrected chi connectivity index (χ4v) is 2.20. The van der Waals surface area contributed by atoms with Gasteiger partial charge in [-0.15, -0.1) is 0 Å². The minimum absolute atomic E-state index is 0.502. The Morgan fingerprint density at radius 3 is 2.67 bits per heavy atom. The van der Waals surface area contributed by atoms with Gasteiger partial charge in [-0.3, -0.25) is 0 Å². The van der Waals surface area contributed by atoms with Gasteiger partial charge in [0.15, 0.2) is 0 Å². The van der Waals surface area contributed by atoms with E-state index in [0.717, 1.165) is 0 Å². The van der Waals surface area contributed by atoms with Crippen molar-refractivity contribution in [1.29, 1.82) is 0 Å². The summed E-state index contributed by atoms with van der Waals surface area (Å²) in [6, 6.07) is 8.61. The van der Waals surface area contributed by atoms with E-state index in [0.29, 0.717) is 5.92 Å². The van der Waals surface area contributed by atoms with E-state index >= 15 is 0 Å². The summed E-state index contributed by atoms with van der Waals surface area (Å²) in [6.07, 6.45) is 6.37. The molecule has 0 amide bonds. The van der Waals surface area contributed by atoms with Crippen LogP contribution >= 0.6 is 0 Å². The maximum Gasteiger partial charge on any atom is 0.0445 e. The number of fused-ring (bicyclic) bond motifs is 1. The van der Waals surface area contributed by atoms with Crippen molar-refractivity contribution >= 4 is 5.69 Å². The summed E-state index contributed by atoms with van der Waals surface area (Å²) in [5.74, 6) is 0.502.